The summed E-state index contributed by atoms with van der Waals surface area (Å²) in [6, 6.07) is 4.23. The molecule has 1 aromatic rings. The highest BCUT2D eigenvalue weighted by Gasteiger charge is 2.50. The lowest BCUT2D eigenvalue weighted by Gasteiger charge is -2.56. The molecule has 2 unspecified atom stereocenters. The Morgan fingerprint density at radius 1 is 1.29 bits per heavy atom. The van der Waals surface area contributed by atoms with Gasteiger partial charge in [0, 0.05) is 43.8 Å². The van der Waals surface area contributed by atoms with Crippen LogP contribution in [0.15, 0.2) is 12.1 Å². The molecule has 152 valence electrons. The van der Waals surface area contributed by atoms with E-state index in [4.69, 9.17) is 5.21 Å². The second-order valence-corrected chi connectivity index (χ2v) is 9.34. The second kappa shape index (κ2) is 7.08. The van der Waals surface area contributed by atoms with Crippen molar-refractivity contribution in [1.29, 1.82) is 0 Å². The predicted molar refractivity (Wildman–Crippen MR) is 104 cm³/mol. The molecule has 6 heteroatoms. The summed E-state index contributed by atoms with van der Waals surface area (Å²) in [5, 5.41) is 8.89. The number of piperidine rings is 2. The molecule has 5 aliphatic rings. The molecule has 2 bridgehead atoms. The first-order valence-electron chi connectivity index (χ1n) is 10.8. The Bertz CT molecular complexity index is 769. The Morgan fingerprint density at radius 2 is 2.04 bits per heavy atom. The Morgan fingerprint density at radius 3 is 2.68 bits per heavy atom. The van der Waals surface area contributed by atoms with Crippen molar-refractivity contribution in [2.24, 2.45) is 17.8 Å². The van der Waals surface area contributed by atoms with Gasteiger partial charge in [0.2, 0.25) is 0 Å². The molecule has 5 nitrogen and oxygen atoms in total. The van der Waals surface area contributed by atoms with E-state index in [0.29, 0.717) is 19.0 Å². The Labute approximate surface area is 165 Å². The van der Waals surface area contributed by atoms with Crippen LogP contribution in [0, 0.1) is 23.6 Å². The molecular weight excluding hydrogens is 357 g/mol. The van der Waals surface area contributed by atoms with E-state index in [1.807, 2.05) is 0 Å². The number of halogens is 1. The molecule has 4 fully saturated rings. The quantitative estimate of drug-likeness (QED) is 0.603. The van der Waals surface area contributed by atoms with Gasteiger partial charge < -0.3 is 0 Å². The summed E-state index contributed by atoms with van der Waals surface area (Å²) in [7, 11) is 0. The number of hydroxylamine groups is 1. The second-order valence-electron chi connectivity index (χ2n) is 9.34. The molecule has 1 amide bonds. The third-order valence-corrected chi connectivity index (χ3v) is 7.72. The zero-order valence-electron chi connectivity index (χ0n) is 16.5. The van der Waals surface area contributed by atoms with Gasteiger partial charge in [0.15, 0.2) is 0 Å². The van der Waals surface area contributed by atoms with Crippen molar-refractivity contribution in [3.05, 3.63) is 34.6 Å². The number of carbonyl (C=O) groups is 1. The Kier molecular flexibility index (Phi) is 4.68. The maximum atomic E-state index is 14.6. The largest absolute Gasteiger partial charge is 0.300 e. The van der Waals surface area contributed by atoms with Gasteiger partial charge in [0.1, 0.15) is 5.82 Å². The number of fused-ring (bicyclic) bond motifs is 3. The molecule has 0 aromatic heterocycles. The van der Waals surface area contributed by atoms with E-state index in [1.165, 1.54) is 38.4 Å². The standard InChI is InChI=1S/C22H30FN3O2/c1-2-17-8-19-14(5-13(7-21(19)23)22(27)24-28)9-26(17)12-20-15-6-16(20)11-25(10-15)18-3-4-18/h5,7,15-18,20,28H,2-4,6,8-12H2,1H3,(H,24,27)/t15?,16?,17-,20?/m0/s1. The van der Waals surface area contributed by atoms with Crippen molar-refractivity contribution in [3.8, 4) is 0 Å². The summed E-state index contributed by atoms with van der Waals surface area (Å²) in [6.45, 7) is 6.50. The maximum Gasteiger partial charge on any atom is 0.274 e. The molecule has 0 spiro atoms. The van der Waals surface area contributed by atoms with E-state index in [2.05, 4.69) is 16.7 Å². The van der Waals surface area contributed by atoms with Crippen LogP contribution in [0.2, 0.25) is 0 Å². The number of nitrogens with zero attached hydrogens (tertiary/aromatic N) is 2. The third kappa shape index (κ3) is 3.15. The van der Waals surface area contributed by atoms with Crippen LogP contribution in [-0.4, -0.2) is 52.6 Å². The fraction of sp³-hybridized carbons (Fsp3) is 0.682. The fourth-order valence-corrected chi connectivity index (χ4v) is 5.92. The van der Waals surface area contributed by atoms with Gasteiger partial charge in [-0.3, -0.25) is 19.8 Å². The van der Waals surface area contributed by atoms with E-state index < -0.39 is 5.91 Å². The number of nitrogens with one attached hydrogen (secondary N) is 1. The van der Waals surface area contributed by atoms with E-state index in [0.717, 1.165) is 47.9 Å². The molecule has 3 aliphatic heterocycles. The lowest BCUT2D eigenvalue weighted by atomic mass is 9.61. The fourth-order valence-electron chi connectivity index (χ4n) is 5.92. The molecule has 1 aromatic carbocycles. The van der Waals surface area contributed by atoms with Crippen molar-refractivity contribution in [3.63, 3.8) is 0 Å². The topological polar surface area (TPSA) is 55.8 Å². The first kappa shape index (κ1) is 18.5. The first-order valence-corrected chi connectivity index (χ1v) is 10.8. The van der Waals surface area contributed by atoms with Gasteiger partial charge in [-0.15, -0.1) is 0 Å². The minimum Gasteiger partial charge on any atom is -0.300 e. The van der Waals surface area contributed by atoms with Crippen molar-refractivity contribution in [2.45, 2.75) is 57.7 Å². The minimum absolute atomic E-state index is 0.189. The van der Waals surface area contributed by atoms with Crippen LogP contribution in [0.1, 0.15) is 54.1 Å². The number of rotatable bonds is 5. The number of carbonyl (C=O) groups excluding carboxylic acids is 1. The van der Waals surface area contributed by atoms with Crippen molar-refractivity contribution in [1.82, 2.24) is 15.3 Å². The molecule has 3 atom stereocenters. The van der Waals surface area contributed by atoms with Gasteiger partial charge in [-0.05, 0) is 73.1 Å². The van der Waals surface area contributed by atoms with Gasteiger partial charge >= 0.3 is 0 Å². The highest BCUT2D eigenvalue weighted by atomic mass is 19.1. The van der Waals surface area contributed by atoms with Crippen LogP contribution in [-0.2, 0) is 13.0 Å². The lowest BCUT2D eigenvalue weighted by Crippen LogP contribution is -2.59. The van der Waals surface area contributed by atoms with Gasteiger partial charge in [-0.1, -0.05) is 6.92 Å². The molecule has 2 saturated carbocycles. The van der Waals surface area contributed by atoms with Crippen LogP contribution >= 0.6 is 0 Å². The maximum absolute atomic E-state index is 14.6. The molecule has 3 heterocycles. The molecule has 6 rings (SSSR count). The van der Waals surface area contributed by atoms with E-state index in [1.54, 1.807) is 11.5 Å². The van der Waals surface area contributed by atoms with Crippen LogP contribution in [0.4, 0.5) is 4.39 Å². The van der Waals surface area contributed by atoms with Crippen LogP contribution in [0.5, 0.6) is 0 Å². The van der Waals surface area contributed by atoms with Crippen molar-refractivity contribution < 1.29 is 14.4 Å². The average molecular weight is 387 g/mol. The third-order valence-electron chi connectivity index (χ3n) is 7.72. The van der Waals surface area contributed by atoms with Gasteiger partial charge in [-0.25, -0.2) is 9.87 Å². The highest BCUT2D eigenvalue weighted by molar-refractivity contribution is 5.93. The zero-order valence-corrected chi connectivity index (χ0v) is 16.5. The molecular formula is C22H30FN3O2. The van der Waals surface area contributed by atoms with Gasteiger partial charge in [-0.2, -0.15) is 0 Å². The normalized spacial score (nSPS) is 32.5. The Hall–Kier alpha value is -1.50. The summed E-state index contributed by atoms with van der Waals surface area (Å²) in [5.74, 6) is 1.43. The summed E-state index contributed by atoms with van der Waals surface area (Å²) in [4.78, 5) is 17.0. The van der Waals surface area contributed by atoms with E-state index in [-0.39, 0.29) is 11.4 Å². The predicted octanol–water partition coefficient (Wildman–Crippen LogP) is 2.81. The first-order chi connectivity index (χ1) is 13.6. The molecule has 2 N–H and O–H groups in total. The van der Waals surface area contributed by atoms with E-state index >= 15 is 0 Å². The summed E-state index contributed by atoms with van der Waals surface area (Å²) >= 11 is 0. The van der Waals surface area contributed by atoms with Crippen molar-refractivity contribution in [2.75, 3.05) is 19.6 Å². The molecule has 28 heavy (non-hydrogen) atoms. The number of benzene rings is 1. The zero-order chi connectivity index (χ0) is 19.4. The smallest absolute Gasteiger partial charge is 0.274 e. The summed E-state index contributed by atoms with van der Waals surface area (Å²) in [6.07, 6.45) is 5.87. The van der Waals surface area contributed by atoms with Gasteiger partial charge in [0.25, 0.3) is 5.91 Å². The Balaban J connectivity index is 1.32. The monoisotopic (exact) mass is 387 g/mol. The number of hydrogen-bond donors (Lipinski definition) is 2. The summed E-state index contributed by atoms with van der Waals surface area (Å²) in [5.41, 5.74) is 3.44. The lowest BCUT2D eigenvalue weighted by molar-refractivity contribution is -0.0684. The SMILES string of the molecule is CC[C@H]1Cc2c(F)cc(C(=O)NO)cc2CN1CC1C2CC1CN(C1CC1)C2. The summed E-state index contributed by atoms with van der Waals surface area (Å²) < 4.78 is 14.6. The van der Waals surface area contributed by atoms with E-state index in [9.17, 15) is 9.18 Å². The van der Waals surface area contributed by atoms with Crippen LogP contribution in [0.25, 0.3) is 0 Å². The van der Waals surface area contributed by atoms with Crippen LogP contribution < -0.4 is 5.48 Å². The molecule has 2 saturated heterocycles. The molecule has 2 aliphatic carbocycles. The minimum atomic E-state index is -0.653. The molecule has 0 radical (unpaired) electrons. The van der Waals surface area contributed by atoms with Gasteiger partial charge in [0.05, 0.1) is 0 Å². The average Bonchev–Trinajstić information content (AvgIpc) is 3.56. The number of amides is 1. The highest BCUT2D eigenvalue weighted by Crippen LogP contribution is 2.49. The van der Waals surface area contributed by atoms with Crippen LogP contribution in [0.3, 0.4) is 0 Å². The number of hydrogen-bond acceptors (Lipinski definition) is 4. The van der Waals surface area contributed by atoms with Crippen molar-refractivity contribution >= 4 is 5.91 Å².